The van der Waals surface area contributed by atoms with Crippen molar-refractivity contribution in [2.45, 2.75) is 39.3 Å². The summed E-state index contributed by atoms with van der Waals surface area (Å²) in [4.78, 5) is 8.38. The lowest BCUT2D eigenvalue weighted by Gasteiger charge is -2.14. The normalized spacial score (nSPS) is 10.5. The summed E-state index contributed by atoms with van der Waals surface area (Å²) < 4.78 is 43.5. The molecule has 0 aliphatic carbocycles. The van der Waals surface area contributed by atoms with Crippen molar-refractivity contribution in [3.05, 3.63) is 60.6 Å². The predicted octanol–water partition coefficient (Wildman–Crippen LogP) is 5.81. The molecule has 2 heterocycles. The summed E-state index contributed by atoms with van der Waals surface area (Å²) in [6.07, 6.45) is 4.07. The van der Waals surface area contributed by atoms with Gasteiger partial charge in [-0.05, 0) is 24.3 Å². The van der Waals surface area contributed by atoms with Crippen molar-refractivity contribution in [3.8, 4) is 11.5 Å². The van der Waals surface area contributed by atoms with Gasteiger partial charge in [0.15, 0.2) is 15.6 Å². The van der Waals surface area contributed by atoms with Crippen LogP contribution in [0, 0.1) is 0 Å². The molecule has 0 amide bonds. The number of fused-ring (bicyclic) bond motifs is 1. The molecule has 0 radical (unpaired) electrons. The number of nitrogens with zero attached hydrogens (tertiary/aromatic N) is 3. The number of hydrogen-bond acceptors (Lipinski definition) is 7. The number of halogens is 1. The van der Waals surface area contributed by atoms with Crippen LogP contribution >= 0.6 is 0 Å². The minimum atomic E-state index is -3.61. The summed E-state index contributed by atoms with van der Waals surface area (Å²) in [5.74, 6) is 1.44. The average molecular weight is 474 g/mol. The zero-order valence-corrected chi connectivity index (χ0v) is 20.1. The Labute approximate surface area is 193 Å². The first-order valence-corrected chi connectivity index (χ1v) is 12.4. The quantitative estimate of drug-likeness (QED) is 0.363. The second kappa shape index (κ2) is 11.9. The molecule has 0 saturated heterocycles. The standard InChI is InChI=1S/C19H16FN5O3S.2C2H6/c1-29(26,27)16-4-2-3-12(10-20)18(16)28-13-5-6-15-14(9-13)19(22-11-21-15)24-17-7-8-23-25-17;2*1-2/h2-9,11H,10H2,1H3,(H2,21,22,23,24,25);2*1-2H3. The molecule has 2 aromatic heterocycles. The summed E-state index contributed by atoms with van der Waals surface area (Å²) in [5.41, 5.74) is 0.796. The van der Waals surface area contributed by atoms with Gasteiger partial charge in [0.25, 0.3) is 0 Å². The van der Waals surface area contributed by atoms with E-state index in [4.69, 9.17) is 4.74 Å². The molecular weight excluding hydrogens is 445 g/mol. The van der Waals surface area contributed by atoms with Crippen molar-refractivity contribution in [2.75, 3.05) is 11.6 Å². The van der Waals surface area contributed by atoms with Gasteiger partial charge >= 0.3 is 0 Å². The fourth-order valence-electron chi connectivity index (χ4n) is 2.84. The SMILES string of the molecule is CC.CC.CS(=O)(=O)c1cccc(CF)c1Oc1ccc2ncnc(Nc3ccn[nH]3)c2c1. The van der Waals surface area contributed by atoms with Crippen LogP contribution in [0.25, 0.3) is 10.9 Å². The van der Waals surface area contributed by atoms with Gasteiger partial charge in [0.1, 0.15) is 35.3 Å². The van der Waals surface area contributed by atoms with Gasteiger partial charge < -0.3 is 10.1 Å². The fraction of sp³-hybridized carbons (Fsp3) is 0.261. The van der Waals surface area contributed by atoms with Crippen LogP contribution in [-0.4, -0.2) is 34.8 Å². The molecule has 2 N–H and O–H groups in total. The lowest BCUT2D eigenvalue weighted by molar-refractivity contribution is 0.430. The number of para-hydroxylation sites is 1. The van der Waals surface area contributed by atoms with Gasteiger partial charge in [0.2, 0.25) is 0 Å². The van der Waals surface area contributed by atoms with Crippen LogP contribution in [0.1, 0.15) is 33.3 Å². The topological polar surface area (TPSA) is 110 Å². The molecule has 0 unspecified atom stereocenters. The largest absolute Gasteiger partial charge is 0.456 e. The third-order valence-corrected chi connectivity index (χ3v) is 5.30. The molecule has 33 heavy (non-hydrogen) atoms. The Balaban J connectivity index is 0.000000914. The van der Waals surface area contributed by atoms with E-state index in [-0.39, 0.29) is 16.2 Å². The van der Waals surface area contributed by atoms with Gasteiger partial charge in [-0.2, -0.15) is 5.10 Å². The second-order valence-corrected chi connectivity index (χ2v) is 8.23. The fourth-order valence-corrected chi connectivity index (χ4v) is 3.68. The van der Waals surface area contributed by atoms with Gasteiger partial charge in [-0.1, -0.05) is 39.8 Å². The van der Waals surface area contributed by atoms with Gasteiger partial charge in [-0.3, -0.25) is 5.10 Å². The number of aromatic nitrogens is 4. The first kappa shape index (κ1) is 25.7. The van der Waals surface area contributed by atoms with Crippen LogP contribution in [0.4, 0.5) is 16.0 Å². The number of rotatable bonds is 6. The van der Waals surface area contributed by atoms with E-state index in [2.05, 4.69) is 25.5 Å². The van der Waals surface area contributed by atoms with Crippen molar-refractivity contribution >= 4 is 32.4 Å². The Hall–Kier alpha value is -3.53. The lowest BCUT2D eigenvalue weighted by Crippen LogP contribution is -2.03. The molecule has 4 aromatic rings. The van der Waals surface area contributed by atoms with Crippen molar-refractivity contribution in [2.24, 2.45) is 0 Å². The number of anilines is 2. The molecule has 4 rings (SSSR count). The van der Waals surface area contributed by atoms with Crippen LogP contribution in [0.15, 0.2) is 59.9 Å². The molecule has 0 aliphatic heterocycles. The average Bonchev–Trinajstić information content (AvgIpc) is 3.35. The van der Waals surface area contributed by atoms with Crippen LogP contribution in [-0.2, 0) is 16.5 Å². The zero-order chi connectivity index (χ0) is 24.4. The lowest BCUT2D eigenvalue weighted by atomic mass is 10.2. The highest BCUT2D eigenvalue weighted by Gasteiger charge is 2.19. The first-order chi connectivity index (χ1) is 16.0. The molecule has 8 nitrogen and oxygen atoms in total. The highest BCUT2D eigenvalue weighted by atomic mass is 32.2. The van der Waals surface area contributed by atoms with Crippen LogP contribution < -0.4 is 10.1 Å². The van der Waals surface area contributed by atoms with Crippen LogP contribution in [0.3, 0.4) is 0 Å². The van der Waals surface area contributed by atoms with Crippen LogP contribution in [0.5, 0.6) is 11.5 Å². The second-order valence-electron chi connectivity index (χ2n) is 6.25. The third-order valence-electron chi connectivity index (χ3n) is 4.18. The summed E-state index contributed by atoms with van der Waals surface area (Å²) >= 11 is 0. The van der Waals surface area contributed by atoms with Crippen molar-refractivity contribution in [1.29, 1.82) is 0 Å². The molecule has 0 fully saturated rings. The molecule has 10 heteroatoms. The Kier molecular flexibility index (Phi) is 9.29. The maximum absolute atomic E-state index is 13.5. The Morgan fingerprint density at radius 1 is 1.06 bits per heavy atom. The molecule has 0 aliphatic rings. The van der Waals surface area contributed by atoms with E-state index in [1.165, 1.54) is 24.5 Å². The van der Waals surface area contributed by atoms with E-state index in [1.807, 2.05) is 27.7 Å². The maximum atomic E-state index is 13.5. The monoisotopic (exact) mass is 473 g/mol. The highest BCUT2D eigenvalue weighted by molar-refractivity contribution is 7.90. The number of H-pyrrole nitrogens is 1. The summed E-state index contributed by atoms with van der Waals surface area (Å²) in [7, 11) is -3.61. The molecular formula is C23H28FN5O3S. The van der Waals surface area contributed by atoms with E-state index in [9.17, 15) is 12.8 Å². The minimum Gasteiger partial charge on any atom is -0.456 e. The zero-order valence-electron chi connectivity index (χ0n) is 19.3. The van der Waals surface area contributed by atoms with Crippen molar-refractivity contribution in [3.63, 3.8) is 0 Å². The summed E-state index contributed by atoms with van der Waals surface area (Å²) in [5, 5.41) is 10.4. The Bertz CT molecular complexity index is 1280. The van der Waals surface area contributed by atoms with E-state index in [1.54, 1.807) is 30.5 Å². The number of aromatic amines is 1. The Morgan fingerprint density at radius 2 is 1.82 bits per heavy atom. The molecule has 0 bridgehead atoms. The molecule has 0 atom stereocenters. The number of alkyl halides is 1. The summed E-state index contributed by atoms with van der Waals surface area (Å²) in [6, 6.07) is 11.1. The van der Waals surface area contributed by atoms with E-state index < -0.39 is 16.5 Å². The van der Waals surface area contributed by atoms with Gasteiger partial charge in [0, 0.05) is 23.3 Å². The first-order valence-electron chi connectivity index (χ1n) is 10.5. The van der Waals surface area contributed by atoms with E-state index in [0.717, 1.165) is 6.26 Å². The van der Waals surface area contributed by atoms with Crippen molar-refractivity contribution < 1.29 is 17.5 Å². The maximum Gasteiger partial charge on any atom is 0.179 e. The van der Waals surface area contributed by atoms with Gasteiger partial charge in [-0.15, -0.1) is 0 Å². The summed E-state index contributed by atoms with van der Waals surface area (Å²) in [6.45, 7) is 7.14. The molecule has 0 spiro atoms. The Morgan fingerprint density at radius 3 is 2.45 bits per heavy atom. The van der Waals surface area contributed by atoms with Crippen molar-refractivity contribution in [1.82, 2.24) is 20.2 Å². The van der Waals surface area contributed by atoms with E-state index >= 15 is 0 Å². The molecule has 176 valence electrons. The predicted molar refractivity (Wildman–Crippen MR) is 129 cm³/mol. The number of sulfone groups is 1. The number of ether oxygens (including phenoxy) is 1. The van der Waals surface area contributed by atoms with Gasteiger partial charge in [-0.25, -0.2) is 22.8 Å². The number of nitrogens with one attached hydrogen (secondary N) is 2. The van der Waals surface area contributed by atoms with Crippen LogP contribution in [0.2, 0.25) is 0 Å². The molecule has 0 saturated carbocycles. The van der Waals surface area contributed by atoms with E-state index in [0.29, 0.717) is 28.3 Å². The number of benzene rings is 2. The molecule has 2 aromatic carbocycles. The number of hydrogen-bond donors (Lipinski definition) is 2. The smallest absolute Gasteiger partial charge is 0.179 e. The third kappa shape index (κ3) is 6.26. The minimum absolute atomic E-state index is 0.0308. The highest BCUT2D eigenvalue weighted by Crippen LogP contribution is 2.35. The van der Waals surface area contributed by atoms with Gasteiger partial charge in [0.05, 0.1) is 11.7 Å².